The fourth-order valence-electron chi connectivity index (χ4n) is 3.71. The number of amides is 1. The highest BCUT2D eigenvalue weighted by atomic mass is 16.7. The van der Waals surface area contributed by atoms with Crippen molar-refractivity contribution in [1.82, 2.24) is 0 Å². The number of ether oxygens (including phenoxy) is 7. The highest BCUT2D eigenvalue weighted by Gasteiger charge is 2.56. The lowest BCUT2D eigenvalue weighted by molar-refractivity contribution is -0.384. The Morgan fingerprint density at radius 2 is 1.46 bits per heavy atom. The van der Waals surface area contributed by atoms with Crippen molar-refractivity contribution in [1.29, 1.82) is 0 Å². The predicted molar refractivity (Wildman–Crippen MR) is 136 cm³/mol. The Hall–Kier alpha value is -4.47. The van der Waals surface area contributed by atoms with E-state index in [1.165, 1.54) is 7.05 Å². The van der Waals surface area contributed by atoms with Crippen LogP contribution in [0.1, 0.15) is 41.5 Å². The zero-order valence-corrected chi connectivity index (χ0v) is 23.7. The molecule has 1 heterocycles. The van der Waals surface area contributed by atoms with Crippen LogP contribution < -0.4 is 9.64 Å². The maximum absolute atomic E-state index is 12.8. The molecule has 2 rings (SSSR count). The highest BCUT2D eigenvalue weighted by Crippen LogP contribution is 2.37. The Kier molecular flexibility index (Phi) is 10.6. The van der Waals surface area contributed by atoms with E-state index in [1.807, 2.05) is 0 Å². The maximum atomic E-state index is 12.8. The molecule has 16 nitrogen and oxygen atoms in total. The second kappa shape index (κ2) is 13.3. The summed E-state index contributed by atoms with van der Waals surface area (Å²) in [6.07, 6.45) is -9.30. The van der Waals surface area contributed by atoms with Crippen molar-refractivity contribution in [3.63, 3.8) is 0 Å². The first-order chi connectivity index (χ1) is 18.9. The largest absolute Gasteiger partial charge is 0.467 e. The summed E-state index contributed by atoms with van der Waals surface area (Å²) in [6.45, 7) is 7.93. The summed E-state index contributed by atoms with van der Waals surface area (Å²) in [4.78, 5) is 73.0. The molecule has 0 spiro atoms. The first kappa shape index (κ1) is 32.7. The molecule has 1 amide bonds. The molecule has 0 aromatic heterocycles. The van der Waals surface area contributed by atoms with Crippen LogP contribution in [0, 0.1) is 10.1 Å². The van der Waals surface area contributed by atoms with Crippen LogP contribution in [0.15, 0.2) is 18.2 Å². The van der Waals surface area contributed by atoms with Crippen LogP contribution in [-0.2, 0) is 47.6 Å². The zero-order valence-electron chi connectivity index (χ0n) is 23.7. The minimum atomic E-state index is -1.76. The number of hydrogen-bond acceptors (Lipinski definition) is 14. The Labute approximate surface area is 234 Å². The van der Waals surface area contributed by atoms with E-state index in [0.29, 0.717) is 0 Å². The van der Waals surface area contributed by atoms with Crippen molar-refractivity contribution in [3.05, 3.63) is 28.3 Å². The molecule has 16 heteroatoms. The minimum Gasteiger partial charge on any atom is -0.467 e. The lowest BCUT2D eigenvalue weighted by Crippen LogP contribution is -2.64. The number of carbonyl (C=O) groups is 5. The first-order valence-corrected chi connectivity index (χ1v) is 12.1. The fraction of sp³-hybridized carbons (Fsp3) is 0.560. The number of methoxy groups -OCH3 is 1. The summed E-state index contributed by atoms with van der Waals surface area (Å²) < 4.78 is 37.5. The van der Waals surface area contributed by atoms with Gasteiger partial charge in [-0.3, -0.25) is 29.4 Å². The number of nitrogens with zero attached hydrogens (tertiary/aromatic N) is 2. The highest BCUT2D eigenvalue weighted by molar-refractivity contribution is 5.90. The number of rotatable bonds is 8. The maximum Gasteiger partial charge on any atom is 0.414 e. The Bertz CT molecular complexity index is 1190. The van der Waals surface area contributed by atoms with E-state index in [0.717, 1.165) is 51.0 Å². The lowest BCUT2D eigenvalue weighted by atomic mass is 9.97. The molecule has 0 saturated carbocycles. The van der Waals surface area contributed by atoms with E-state index in [9.17, 15) is 34.1 Å². The molecule has 1 aliphatic heterocycles. The lowest BCUT2D eigenvalue weighted by Gasteiger charge is -2.43. The van der Waals surface area contributed by atoms with Gasteiger partial charge in [-0.1, -0.05) is 0 Å². The molecule has 0 unspecified atom stereocenters. The number of nitro benzene ring substituents is 1. The minimum absolute atomic E-state index is 0.167. The summed E-state index contributed by atoms with van der Waals surface area (Å²) in [5.74, 6) is -3.95. The molecule has 41 heavy (non-hydrogen) atoms. The van der Waals surface area contributed by atoms with Gasteiger partial charge in [0.05, 0.1) is 17.7 Å². The van der Waals surface area contributed by atoms with Gasteiger partial charge in [-0.2, -0.15) is 0 Å². The third-order valence-corrected chi connectivity index (χ3v) is 5.26. The Balaban J connectivity index is 2.66. The van der Waals surface area contributed by atoms with Crippen LogP contribution in [0.25, 0.3) is 0 Å². The van der Waals surface area contributed by atoms with Crippen molar-refractivity contribution in [2.75, 3.05) is 19.1 Å². The van der Waals surface area contributed by atoms with Crippen LogP contribution in [0.4, 0.5) is 16.2 Å². The molecule has 0 radical (unpaired) electrons. The average Bonchev–Trinajstić information content (AvgIpc) is 2.84. The number of anilines is 1. The number of benzene rings is 1. The summed E-state index contributed by atoms with van der Waals surface area (Å²) in [7, 11) is 2.29. The molecule has 1 saturated heterocycles. The van der Waals surface area contributed by atoms with E-state index < -0.39 is 76.9 Å². The molecule has 226 valence electrons. The predicted octanol–water partition coefficient (Wildman–Crippen LogP) is 2.04. The molecule has 0 bridgehead atoms. The molecule has 5 atom stereocenters. The van der Waals surface area contributed by atoms with Crippen molar-refractivity contribution >= 4 is 41.3 Å². The van der Waals surface area contributed by atoms with Gasteiger partial charge in [-0.25, -0.2) is 9.59 Å². The SMILES string of the molecule is COC(=O)[C@H]1O[C@@H](Oc2ccc([N+](=O)[O-])cc2N(C)C(=O)OC(C)(C)C)[C@H](OC(C)=O)[C@@H](OC(C)=O)[C@@H]1OC(C)=O. The van der Waals surface area contributed by atoms with Gasteiger partial charge in [-0.05, 0) is 26.8 Å². The number of non-ortho nitro benzene ring substituents is 1. The molecular weight excluding hydrogens is 552 g/mol. The van der Waals surface area contributed by atoms with Crippen LogP contribution in [0.2, 0.25) is 0 Å². The second-order valence-electron chi connectivity index (χ2n) is 9.74. The molecule has 0 N–H and O–H groups in total. The Morgan fingerprint density at radius 1 is 0.927 bits per heavy atom. The van der Waals surface area contributed by atoms with Crippen molar-refractivity contribution in [3.8, 4) is 5.75 Å². The van der Waals surface area contributed by atoms with Gasteiger partial charge in [0.25, 0.3) is 5.69 Å². The van der Waals surface area contributed by atoms with E-state index >= 15 is 0 Å². The number of nitro groups is 1. The number of carbonyl (C=O) groups excluding carboxylic acids is 5. The van der Waals surface area contributed by atoms with Gasteiger partial charge in [0.1, 0.15) is 11.4 Å². The summed E-state index contributed by atoms with van der Waals surface area (Å²) in [5, 5.41) is 11.5. The quantitative estimate of drug-likeness (QED) is 0.186. The fourth-order valence-corrected chi connectivity index (χ4v) is 3.71. The number of hydrogen-bond donors (Lipinski definition) is 0. The molecule has 1 aromatic rings. The van der Waals surface area contributed by atoms with E-state index in [1.54, 1.807) is 20.8 Å². The topological polar surface area (TPSA) is 196 Å². The monoisotopic (exact) mass is 584 g/mol. The average molecular weight is 585 g/mol. The van der Waals surface area contributed by atoms with Gasteiger partial charge in [0.15, 0.2) is 18.3 Å². The molecular formula is C25H32N2O14. The van der Waals surface area contributed by atoms with Crippen molar-refractivity contribution < 1.29 is 62.1 Å². The first-order valence-electron chi connectivity index (χ1n) is 12.1. The van der Waals surface area contributed by atoms with E-state index in [-0.39, 0.29) is 11.4 Å². The molecule has 1 aliphatic rings. The number of esters is 4. The van der Waals surface area contributed by atoms with Gasteiger partial charge >= 0.3 is 30.0 Å². The summed E-state index contributed by atoms with van der Waals surface area (Å²) in [5.41, 5.74) is -1.50. The van der Waals surface area contributed by atoms with Gasteiger partial charge in [-0.15, -0.1) is 0 Å². The van der Waals surface area contributed by atoms with Gasteiger partial charge < -0.3 is 33.2 Å². The molecule has 1 fully saturated rings. The van der Waals surface area contributed by atoms with Crippen LogP contribution in [0.3, 0.4) is 0 Å². The summed E-state index contributed by atoms with van der Waals surface area (Å²) >= 11 is 0. The van der Waals surface area contributed by atoms with Crippen molar-refractivity contribution in [2.24, 2.45) is 0 Å². The summed E-state index contributed by atoms with van der Waals surface area (Å²) in [6, 6.07) is 3.22. The van der Waals surface area contributed by atoms with E-state index in [4.69, 9.17) is 33.2 Å². The molecule has 1 aromatic carbocycles. The normalized spacial score (nSPS) is 22.0. The van der Waals surface area contributed by atoms with Gasteiger partial charge in [0.2, 0.25) is 12.4 Å². The van der Waals surface area contributed by atoms with Gasteiger partial charge in [0, 0.05) is 40.0 Å². The van der Waals surface area contributed by atoms with Crippen LogP contribution in [0.5, 0.6) is 5.75 Å². The Morgan fingerprint density at radius 3 is 1.95 bits per heavy atom. The third kappa shape index (κ3) is 8.76. The van der Waals surface area contributed by atoms with Crippen molar-refractivity contribution in [2.45, 2.75) is 77.8 Å². The smallest absolute Gasteiger partial charge is 0.414 e. The van der Waals surface area contributed by atoms with Crippen LogP contribution >= 0.6 is 0 Å². The third-order valence-electron chi connectivity index (χ3n) is 5.26. The standard InChI is InChI=1S/C25H32N2O14/c1-12(28)36-18-19(37-13(2)29)21(38-14(3)30)23(40-20(18)22(31)35-8)39-17-10-9-15(27(33)34)11-16(17)26(7)24(32)41-25(4,5)6/h9-11,18-21,23H,1-8H3/t18-,19-,20-,21+,23+/m0/s1. The molecule has 0 aliphatic carbocycles. The second-order valence-corrected chi connectivity index (χ2v) is 9.74. The zero-order chi connectivity index (χ0) is 31.2. The van der Waals surface area contributed by atoms with E-state index in [2.05, 4.69) is 0 Å². The van der Waals surface area contributed by atoms with Crippen LogP contribution in [-0.4, -0.2) is 85.4 Å².